The number of nitrogens with zero attached hydrogens (tertiary/aromatic N) is 1. The van der Waals surface area contributed by atoms with Crippen LogP contribution in [0.1, 0.15) is 50.5 Å². The summed E-state index contributed by atoms with van der Waals surface area (Å²) in [6.07, 6.45) is 4.77. The standard InChI is InChI=1S/C18H26ClN3O.HI/c1-2-20-18(21-14-6-8-15(23)9-7-14)22-17-11-16(17)12-4-3-5-13(19)10-12;/h3-5,10,14-17,23H,2,6-9,11H2,1H3,(H2,20,21,22);1H. The fraction of sp³-hybridized carbons (Fsp3) is 0.611. The van der Waals surface area contributed by atoms with E-state index in [0.29, 0.717) is 18.0 Å². The number of rotatable bonds is 4. The highest BCUT2D eigenvalue weighted by atomic mass is 127. The van der Waals surface area contributed by atoms with E-state index in [4.69, 9.17) is 11.6 Å². The lowest BCUT2D eigenvalue weighted by atomic mass is 9.93. The third kappa shape index (κ3) is 5.49. The molecular formula is C18H27ClIN3O. The Morgan fingerprint density at radius 3 is 2.67 bits per heavy atom. The molecule has 0 bridgehead atoms. The zero-order valence-electron chi connectivity index (χ0n) is 14.0. The molecule has 134 valence electrons. The molecule has 0 aliphatic heterocycles. The molecule has 2 aliphatic rings. The van der Waals surface area contributed by atoms with Crippen LogP contribution < -0.4 is 10.6 Å². The summed E-state index contributed by atoms with van der Waals surface area (Å²) in [5, 5.41) is 17.5. The van der Waals surface area contributed by atoms with Crippen LogP contribution in [0.15, 0.2) is 29.3 Å². The second kappa shape index (κ2) is 9.25. The molecule has 2 unspecified atom stereocenters. The Morgan fingerprint density at radius 1 is 1.25 bits per heavy atom. The van der Waals surface area contributed by atoms with Crippen LogP contribution in [0.5, 0.6) is 0 Å². The number of guanidine groups is 1. The van der Waals surface area contributed by atoms with Gasteiger partial charge in [-0.25, -0.2) is 0 Å². The van der Waals surface area contributed by atoms with Gasteiger partial charge in [0.1, 0.15) is 0 Å². The van der Waals surface area contributed by atoms with Gasteiger partial charge in [0.15, 0.2) is 5.96 Å². The van der Waals surface area contributed by atoms with Gasteiger partial charge in [-0.3, -0.25) is 4.99 Å². The summed E-state index contributed by atoms with van der Waals surface area (Å²) < 4.78 is 0. The number of nitrogens with one attached hydrogen (secondary N) is 2. The molecule has 1 aromatic carbocycles. The topological polar surface area (TPSA) is 56.7 Å². The Morgan fingerprint density at radius 2 is 2.00 bits per heavy atom. The van der Waals surface area contributed by atoms with Gasteiger partial charge in [-0.2, -0.15) is 0 Å². The number of aliphatic imine (C=N–C) groups is 1. The molecular weight excluding hydrogens is 437 g/mol. The molecule has 4 nitrogen and oxygen atoms in total. The number of hydrogen-bond acceptors (Lipinski definition) is 2. The predicted molar refractivity (Wildman–Crippen MR) is 111 cm³/mol. The van der Waals surface area contributed by atoms with Crippen molar-refractivity contribution in [1.29, 1.82) is 0 Å². The first-order valence-corrected chi connectivity index (χ1v) is 9.04. The van der Waals surface area contributed by atoms with Gasteiger partial charge >= 0.3 is 0 Å². The van der Waals surface area contributed by atoms with Gasteiger partial charge in [0.25, 0.3) is 0 Å². The van der Waals surface area contributed by atoms with Crippen molar-refractivity contribution in [2.75, 3.05) is 6.54 Å². The fourth-order valence-electron chi connectivity index (χ4n) is 3.34. The SMILES string of the molecule is CCN=C(NC1CCC(O)CC1)NC1CC1c1cccc(Cl)c1.I. The monoisotopic (exact) mass is 463 g/mol. The summed E-state index contributed by atoms with van der Waals surface area (Å²) in [5.74, 6) is 1.43. The molecule has 0 spiro atoms. The maximum Gasteiger partial charge on any atom is 0.191 e. The zero-order chi connectivity index (χ0) is 16.2. The summed E-state index contributed by atoms with van der Waals surface area (Å²) in [4.78, 5) is 4.57. The molecule has 2 atom stereocenters. The third-order valence-corrected chi connectivity index (χ3v) is 4.98. The van der Waals surface area contributed by atoms with Crippen molar-refractivity contribution in [2.24, 2.45) is 4.99 Å². The maximum atomic E-state index is 9.62. The van der Waals surface area contributed by atoms with Crippen molar-refractivity contribution < 1.29 is 5.11 Å². The average Bonchev–Trinajstić information content (AvgIpc) is 3.29. The molecule has 2 saturated carbocycles. The minimum atomic E-state index is -0.122. The highest BCUT2D eigenvalue weighted by Gasteiger charge is 2.39. The normalized spacial score (nSPS) is 29.5. The van der Waals surface area contributed by atoms with Gasteiger partial charge in [0.2, 0.25) is 0 Å². The molecule has 0 amide bonds. The van der Waals surface area contributed by atoms with Crippen LogP contribution in [0.25, 0.3) is 0 Å². The van der Waals surface area contributed by atoms with Crippen LogP contribution >= 0.6 is 35.6 Å². The van der Waals surface area contributed by atoms with E-state index in [2.05, 4.69) is 34.7 Å². The Balaban J connectivity index is 0.00000208. The molecule has 2 aliphatic carbocycles. The highest BCUT2D eigenvalue weighted by Crippen LogP contribution is 2.41. The second-order valence-corrected chi connectivity index (χ2v) is 7.06. The molecule has 1 aromatic rings. The molecule has 3 N–H and O–H groups in total. The lowest BCUT2D eigenvalue weighted by Gasteiger charge is -2.27. The summed E-state index contributed by atoms with van der Waals surface area (Å²) in [7, 11) is 0. The fourth-order valence-corrected chi connectivity index (χ4v) is 3.54. The Bertz CT molecular complexity index is 561. The van der Waals surface area contributed by atoms with Gasteiger partial charge in [-0.05, 0) is 56.7 Å². The first kappa shape index (κ1) is 19.8. The molecule has 6 heteroatoms. The van der Waals surface area contributed by atoms with Crippen LogP contribution in [0.3, 0.4) is 0 Å². The van der Waals surface area contributed by atoms with Crippen LogP contribution in [-0.4, -0.2) is 35.8 Å². The largest absolute Gasteiger partial charge is 0.393 e. The summed E-state index contributed by atoms with van der Waals surface area (Å²) in [6.45, 7) is 2.81. The van der Waals surface area contributed by atoms with Crippen molar-refractivity contribution in [3.8, 4) is 0 Å². The van der Waals surface area contributed by atoms with E-state index < -0.39 is 0 Å². The van der Waals surface area contributed by atoms with E-state index in [0.717, 1.165) is 49.6 Å². The lowest BCUT2D eigenvalue weighted by molar-refractivity contribution is 0.120. The van der Waals surface area contributed by atoms with Gasteiger partial charge < -0.3 is 15.7 Å². The van der Waals surface area contributed by atoms with Crippen molar-refractivity contribution in [3.05, 3.63) is 34.9 Å². The average molecular weight is 464 g/mol. The summed E-state index contributed by atoms with van der Waals surface area (Å²) in [6, 6.07) is 8.98. The van der Waals surface area contributed by atoms with Crippen molar-refractivity contribution >= 4 is 41.5 Å². The zero-order valence-corrected chi connectivity index (χ0v) is 17.1. The van der Waals surface area contributed by atoms with Gasteiger partial charge in [0.05, 0.1) is 6.10 Å². The van der Waals surface area contributed by atoms with Crippen LogP contribution in [0.4, 0.5) is 0 Å². The minimum absolute atomic E-state index is 0. The molecule has 24 heavy (non-hydrogen) atoms. The lowest BCUT2D eigenvalue weighted by Crippen LogP contribution is -2.46. The quantitative estimate of drug-likeness (QED) is 0.363. The predicted octanol–water partition coefficient (Wildman–Crippen LogP) is 3.67. The van der Waals surface area contributed by atoms with E-state index in [9.17, 15) is 5.11 Å². The number of aliphatic hydroxyl groups excluding tert-OH is 1. The number of hydrogen-bond donors (Lipinski definition) is 3. The van der Waals surface area contributed by atoms with E-state index in [1.165, 1.54) is 5.56 Å². The van der Waals surface area contributed by atoms with Crippen molar-refractivity contribution in [1.82, 2.24) is 10.6 Å². The van der Waals surface area contributed by atoms with Crippen LogP contribution in [0.2, 0.25) is 5.02 Å². The van der Waals surface area contributed by atoms with E-state index in [1.54, 1.807) is 0 Å². The van der Waals surface area contributed by atoms with Gasteiger partial charge in [-0.15, -0.1) is 24.0 Å². The minimum Gasteiger partial charge on any atom is -0.393 e. The van der Waals surface area contributed by atoms with Gasteiger partial charge in [-0.1, -0.05) is 23.7 Å². The molecule has 0 radical (unpaired) electrons. The first-order valence-electron chi connectivity index (χ1n) is 8.66. The molecule has 0 aromatic heterocycles. The molecule has 0 saturated heterocycles. The Hall–Kier alpha value is -0.530. The maximum absolute atomic E-state index is 9.62. The van der Waals surface area contributed by atoms with E-state index >= 15 is 0 Å². The third-order valence-electron chi connectivity index (χ3n) is 4.74. The molecule has 0 heterocycles. The van der Waals surface area contributed by atoms with Gasteiger partial charge in [0, 0.05) is 29.6 Å². The molecule has 3 rings (SSSR count). The van der Waals surface area contributed by atoms with Crippen LogP contribution in [0, 0.1) is 0 Å². The number of aliphatic hydroxyl groups is 1. The van der Waals surface area contributed by atoms with Crippen molar-refractivity contribution in [2.45, 2.75) is 63.1 Å². The smallest absolute Gasteiger partial charge is 0.191 e. The number of benzene rings is 1. The first-order chi connectivity index (χ1) is 11.2. The summed E-state index contributed by atoms with van der Waals surface area (Å²) in [5.41, 5.74) is 1.30. The second-order valence-electron chi connectivity index (χ2n) is 6.62. The Kier molecular flexibility index (Phi) is 7.62. The number of halogens is 2. The Labute approximate surface area is 166 Å². The van der Waals surface area contributed by atoms with E-state index in [1.807, 2.05) is 12.1 Å². The van der Waals surface area contributed by atoms with Crippen molar-refractivity contribution in [3.63, 3.8) is 0 Å². The molecule has 2 fully saturated rings. The summed E-state index contributed by atoms with van der Waals surface area (Å²) >= 11 is 6.08. The highest BCUT2D eigenvalue weighted by molar-refractivity contribution is 14.0. The van der Waals surface area contributed by atoms with E-state index in [-0.39, 0.29) is 30.1 Å². The van der Waals surface area contributed by atoms with Crippen LogP contribution in [-0.2, 0) is 0 Å².